The van der Waals surface area contributed by atoms with E-state index in [2.05, 4.69) is 37.6 Å². The predicted molar refractivity (Wildman–Crippen MR) is 115 cm³/mol. The molecule has 0 unspecified atom stereocenters. The Morgan fingerprint density at radius 2 is 1.86 bits per heavy atom. The number of anilines is 5. The number of aryl methyl sites for hydroxylation is 1. The van der Waals surface area contributed by atoms with E-state index < -0.39 is 0 Å². The number of carbonyl (C=O) groups is 1. The molecule has 0 saturated carbocycles. The van der Waals surface area contributed by atoms with Crippen LogP contribution in [0, 0.1) is 0 Å². The number of amides is 1. The Bertz CT molecular complexity index is 1200. The lowest BCUT2D eigenvalue weighted by atomic mass is 10.2. The van der Waals surface area contributed by atoms with Gasteiger partial charge in [-0.15, -0.1) is 0 Å². The third kappa shape index (κ3) is 4.22. The molecule has 4 aromatic rings. The number of nitrogens with one attached hydrogen (secondary N) is 3. The molecule has 0 radical (unpaired) electrons. The lowest BCUT2D eigenvalue weighted by Gasteiger charge is -2.12. The number of hydrogen-bond acceptors (Lipinski definition) is 6. The molecule has 29 heavy (non-hydrogen) atoms. The lowest BCUT2D eigenvalue weighted by Crippen LogP contribution is -2.07. The zero-order valence-corrected chi connectivity index (χ0v) is 15.8. The van der Waals surface area contributed by atoms with Crippen molar-refractivity contribution in [1.82, 2.24) is 19.7 Å². The Morgan fingerprint density at radius 3 is 2.66 bits per heavy atom. The molecule has 1 amide bonds. The first kappa shape index (κ1) is 18.2. The second-order valence-corrected chi connectivity index (χ2v) is 6.34. The number of carbonyl (C=O) groups excluding carboxylic acids is 1. The number of aromatic nitrogens is 4. The minimum absolute atomic E-state index is 0.266. The Morgan fingerprint density at radius 1 is 1.03 bits per heavy atom. The number of para-hydroxylation sites is 1. The molecule has 0 aliphatic heterocycles. The van der Waals surface area contributed by atoms with Crippen molar-refractivity contribution in [2.75, 3.05) is 16.0 Å². The summed E-state index contributed by atoms with van der Waals surface area (Å²) in [5.41, 5.74) is 3.03. The highest BCUT2D eigenvalue weighted by molar-refractivity contribution is 5.99. The summed E-state index contributed by atoms with van der Waals surface area (Å²) in [5.74, 6) is 0.835. The van der Waals surface area contributed by atoms with Crippen LogP contribution in [0.4, 0.5) is 28.8 Å². The summed E-state index contributed by atoms with van der Waals surface area (Å²) in [7, 11) is 1.84. The number of benzene rings is 2. The van der Waals surface area contributed by atoms with Gasteiger partial charge in [0, 0.05) is 30.0 Å². The molecule has 0 bridgehead atoms. The van der Waals surface area contributed by atoms with E-state index in [1.165, 1.54) is 6.08 Å². The van der Waals surface area contributed by atoms with E-state index in [0.29, 0.717) is 17.5 Å². The molecule has 4 rings (SSSR count). The molecule has 2 aromatic carbocycles. The van der Waals surface area contributed by atoms with Crippen molar-refractivity contribution in [2.24, 2.45) is 7.05 Å². The summed E-state index contributed by atoms with van der Waals surface area (Å²) >= 11 is 0. The van der Waals surface area contributed by atoms with Gasteiger partial charge in [0.1, 0.15) is 5.82 Å². The fraction of sp³-hybridized carbons (Fsp3) is 0.0476. The SMILES string of the molecule is C=CC(=O)Nc1cccc(Nc2nc(Nc3cnn(C)c3)nc3ccccc23)c1. The Labute approximate surface area is 167 Å². The topological polar surface area (TPSA) is 96.8 Å². The van der Waals surface area contributed by atoms with Gasteiger partial charge in [-0.1, -0.05) is 24.8 Å². The summed E-state index contributed by atoms with van der Waals surface area (Å²) in [6.45, 7) is 3.47. The van der Waals surface area contributed by atoms with Crippen LogP contribution < -0.4 is 16.0 Å². The molecule has 0 fully saturated rings. The first-order valence-electron chi connectivity index (χ1n) is 8.94. The highest BCUT2D eigenvalue weighted by Crippen LogP contribution is 2.27. The average molecular weight is 385 g/mol. The van der Waals surface area contributed by atoms with Crippen molar-refractivity contribution in [3.63, 3.8) is 0 Å². The minimum atomic E-state index is -0.266. The van der Waals surface area contributed by atoms with Crippen molar-refractivity contribution in [3.05, 3.63) is 73.6 Å². The molecule has 0 atom stereocenters. The average Bonchev–Trinajstić information content (AvgIpc) is 3.12. The third-order valence-electron chi connectivity index (χ3n) is 4.14. The normalized spacial score (nSPS) is 10.5. The van der Waals surface area contributed by atoms with E-state index in [9.17, 15) is 4.79 Å². The van der Waals surface area contributed by atoms with Crippen LogP contribution in [-0.4, -0.2) is 25.7 Å². The molecular weight excluding hydrogens is 366 g/mol. The van der Waals surface area contributed by atoms with Crippen molar-refractivity contribution < 1.29 is 4.79 Å². The molecule has 2 heterocycles. The van der Waals surface area contributed by atoms with Crippen molar-refractivity contribution in [1.29, 1.82) is 0 Å². The summed E-state index contributed by atoms with van der Waals surface area (Å²) in [5, 5.41) is 14.3. The van der Waals surface area contributed by atoms with Crippen LogP contribution in [0.2, 0.25) is 0 Å². The third-order valence-corrected chi connectivity index (χ3v) is 4.14. The smallest absolute Gasteiger partial charge is 0.247 e. The molecular formula is C21H19N7O. The van der Waals surface area contributed by atoms with Gasteiger partial charge in [0.15, 0.2) is 0 Å². The van der Waals surface area contributed by atoms with Gasteiger partial charge in [0.25, 0.3) is 0 Å². The molecule has 3 N–H and O–H groups in total. The van der Waals surface area contributed by atoms with E-state index in [0.717, 1.165) is 22.3 Å². The summed E-state index contributed by atoms with van der Waals surface area (Å²) in [6, 6.07) is 15.1. The Balaban J connectivity index is 1.68. The molecule has 2 aromatic heterocycles. The molecule has 8 heteroatoms. The fourth-order valence-electron chi connectivity index (χ4n) is 2.85. The summed E-state index contributed by atoms with van der Waals surface area (Å²) in [6.07, 6.45) is 4.78. The monoisotopic (exact) mass is 385 g/mol. The van der Waals surface area contributed by atoms with E-state index in [-0.39, 0.29) is 5.91 Å². The zero-order chi connectivity index (χ0) is 20.2. The molecule has 0 spiro atoms. The summed E-state index contributed by atoms with van der Waals surface area (Å²) < 4.78 is 1.70. The number of nitrogens with zero attached hydrogens (tertiary/aromatic N) is 4. The van der Waals surface area contributed by atoms with Crippen molar-refractivity contribution in [2.45, 2.75) is 0 Å². The Kier molecular flexibility index (Phi) is 4.90. The number of hydrogen-bond donors (Lipinski definition) is 3. The molecule has 8 nitrogen and oxygen atoms in total. The first-order valence-corrected chi connectivity index (χ1v) is 8.94. The molecule has 144 valence electrons. The number of rotatable bonds is 6. The maximum Gasteiger partial charge on any atom is 0.247 e. The van der Waals surface area contributed by atoms with E-state index in [4.69, 9.17) is 0 Å². The fourth-order valence-corrected chi connectivity index (χ4v) is 2.85. The maximum atomic E-state index is 11.6. The van der Waals surface area contributed by atoms with Gasteiger partial charge in [-0.25, -0.2) is 4.98 Å². The van der Waals surface area contributed by atoms with E-state index in [1.807, 2.05) is 55.7 Å². The van der Waals surface area contributed by atoms with Crippen LogP contribution >= 0.6 is 0 Å². The zero-order valence-electron chi connectivity index (χ0n) is 15.8. The van der Waals surface area contributed by atoms with Crippen LogP contribution in [0.15, 0.2) is 73.6 Å². The highest BCUT2D eigenvalue weighted by atomic mass is 16.1. The second kappa shape index (κ2) is 7.81. The Hall–Kier alpha value is -4.20. The predicted octanol–water partition coefficient (Wildman–Crippen LogP) is 3.98. The van der Waals surface area contributed by atoms with Gasteiger partial charge in [-0.2, -0.15) is 10.1 Å². The van der Waals surface area contributed by atoms with Crippen LogP contribution in [0.5, 0.6) is 0 Å². The lowest BCUT2D eigenvalue weighted by molar-refractivity contribution is -0.111. The van der Waals surface area contributed by atoms with E-state index >= 15 is 0 Å². The van der Waals surface area contributed by atoms with Crippen molar-refractivity contribution >= 4 is 45.6 Å². The van der Waals surface area contributed by atoms with Gasteiger partial charge in [0.2, 0.25) is 11.9 Å². The maximum absolute atomic E-state index is 11.6. The quantitative estimate of drug-likeness (QED) is 0.435. The molecule has 0 aliphatic carbocycles. The minimum Gasteiger partial charge on any atom is -0.339 e. The molecule has 0 aliphatic rings. The van der Waals surface area contributed by atoms with E-state index in [1.54, 1.807) is 16.9 Å². The van der Waals surface area contributed by atoms with Crippen LogP contribution in [0.3, 0.4) is 0 Å². The largest absolute Gasteiger partial charge is 0.339 e. The highest BCUT2D eigenvalue weighted by Gasteiger charge is 2.09. The van der Waals surface area contributed by atoms with Crippen molar-refractivity contribution in [3.8, 4) is 0 Å². The summed E-state index contributed by atoms with van der Waals surface area (Å²) in [4.78, 5) is 20.8. The molecule has 0 saturated heterocycles. The van der Waals surface area contributed by atoms with Crippen LogP contribution in [0.25, 0.3) is 10.9 Å². The van der Waals surface area contributed by atoms with Gasteiger partial charge < -0.3 is 16.0 Å². The number of fused-ring (bicyclic) bond motifs is 1. The second-order valence-electron chi connectivity index (χ2n) is 6.34. The standard InChI is InChI=1S/C21H19N7O/c1-3-19(29)23-14-7-6-8-15(11-14)24-20-17-9-4-5-10-18(17)26-21(27-20)25-16-12-22-28(2)13-16/h3-13H,1H2,2H3,(H,23,29)(H2,24,25,26,27). The van der Waals surface area contributed by atoms with Gasteiger partial charge in [-0.05, 0) is 36.4 Å². The van der Waals surface area contributed by atoms with Gasteiger partial charge in [0.05, 0.1) is 17.4 Å². The van der Waals surface area contributed by atoms with Gasteiger partial charge in [-0.3, -0.25) is 9.48 Å². The first-order chi connectivity index (χ1) is 14.1. The van der Waals surface area contributed by atoms with Crippen LogP contribution in [0.1, 0.15) is 0 Å². The van der Waals surface area contributed by atoms with Crippen LogP contribution in [-0.2, 0) is 11.8 Å². The van der Waals surface area contributed by atoms with Gasteiger partial charge >= 0.3 is 0 Å².